The lowest BCUT2D eigenvalue weighted by atomic mass is 10.1. The van der Waals surface area contributed by atoms with E-state index in [2.05, 4.69) is 5.32 Å². The normalized spacial score (nSPS) is 34.5. The highest BCUT2D eigenvalue weighted by Crippen LogP contribution is 2.45. The zero-order valence-corrected chi connectivity index (χ0v) is 11.4. The number of hydrogen-bond donors (Lipinski definition) is 1. The number of hydrogen-bond acceptors (Lipinski definition) is 3. The molecule has 3 saturated carbocycles. The lowest BCUT2D eigenvalue weighted by molar-refractivity contribution is 0.362. The van der Waals surface area contributed by atoms with E-state index in [1.807, 2.05) is 0 Å². The van der Waals surface area contributed by atoms with Crippen molar-refractivity contribution in [3.8, 4) is 0 Å². The lowest BCUT2D eigenvalue weighted by Crippen LogP contribution is -2.47. The van der Waals surface area contributed by atoms with Gasteiger partial charge in [-0.3, -0.25) is 0 Å². The van der Waals surface area contributed by atoms with Crippen molar-refractivity contribution in [2.45, 2.75) is 62.3 Å². The van der Waals surface area contributed by atoms with E-state index in [0.29, 0.717) is 6.04 Å². The van der Waals surface area contributed by atoms with E-state index in [0.717, 1.165) is 31.1 Å². The minimum absolute atomic E-state index is 0.123. The van der Waals surface area contributed by atoms with Crippen LogP contribution in [0.2, 0.25) is 0 Å². The van der Waals surface area contributed by atoms with Crippen molar-refractivity contribution in [3.05, 3.63) is 0 Å². The van der Waals surface area contributed by atoms with Gasteiger partial charge in [0.05, 0.1) is 5.25 Å². The molecule has 0 bridgehead atoms. The molecule has 0 spiro atoms. The maximum Gasteiger partial charge on any atom is 0.151 e. The summed E-state index contributed by atoms with van der Waals surface area (Å²) in [5, 5.41) is 3.59. The highest BCUT2D eigenvalue weighted by atomic mass is 32.2. The van der Waals surface area contributed by atoms with Crippen LogP contribution in [0.1, 0.15) is 44.9 Å². The molecule has 1 N–H and O–H groups in total. The molecule has 3 rings (SSSR count). The zero-order chi connectivity index (χ0) is 12.0. The monoisotopic (exact) mass is 257 g/mol. The molecule has 2 atom stereocenters. The van der Waals surface area contributed by atoms with Crippen molar-refractivity contribution >= 4 is 9.84 Å². The van der Waals surface area contributed by atoms with Gasteiger partial charge in [0.15, 0.2) is 9.84 Å². The third-order valence-electron chi connectivity index (χ3n) is 4.67. The summed E-state index contributed by atoms with van der Waals surface area (Å²) in [5.41, 5.74) is 0. The summed E-state index contributed by atoms with van der Waals surface area (Å²) in [4.78, 5) is 0. The highest BCUT2D eigenvalue weighted by Gasteiger charge is 2.44. The third kappa shape index (κ3) is 2.68. The van der Waals surface area contributed by atoms with E-state index in [-0.39, 0.29) is 11.3 Å². The van der Waals surface area contributed by atoms with Crippen LogP contribution in [0.4, 0.5) is 0 Å². The van der Waals surface area contributed by atoms with Crippen LogP contribution in [0.25, 0.3) is 0 Å². The van der Waals surface area contributed by atoms with E-state index >= 15 is 0 Å². The Bertz CT molecular complexity index is 372. The van der Waals surface area contributed by atoms with Crippen LogP contribution in [-0.4, -0.2) is 32.0 Å². The second kappa shape index (κ2) is 4.23. The fourth-order valence-electron chi connectivity index (χ4n) is 3.44. The van der Waals surface area contributed by atoms with Crippen molar-refractivity contribution in [1.29, 1.82) is 0 Å². The average Bonchev–Trinajstić information content (AvgIpc) is 3.13. The fourth-order valence-corrected chi connectivity index (χ4v) is 4.85. The SMILES string of the molecule is CS(=O)(=O)C1CCCC1NC(C1CC1)C1CC1. The molecule has 17 heavy (non-hydrogen) atoms. The fraction of sp³-hybridized carbons (Fsp3) is 1.00. The Balaban J connectivity index is 1.66. The van der Waals surface area contributed by atoms with E-state index in [1.165, 1.54) is 31.9 Å². The molecule has 0 aliphatic heterocycles. The number of nitrogens with one attached hydrogen (secondary N) is 1. The molecule has 2 unspecified atom stereocenters. The predicted octanol–water partition coefficient (Wildman–Crippen LogP) is 1.73. The second-order valence-electron chi connectivity index (χ2n) is 6.27. The Labute approximate surface area is 104 Å². The van der Waals surface area contributed by atoms with Crippen LogP contribution in [-0.2, 0) is 9.84 Å². The van der Waals surface area contributed by atoms with Gasteiger partial charge in [-0.1, -0.05) is 6.42 Å². The van der Waals surface area contributed by atoms with Gasteiger partial charge in [0, 0.05) is 18.3 Å². The largest absolute Gasteiger partial charge is 0.309 e. The maximum absolute atomic E-state index is 11.8. The topological polar surface area (TPSA) is 46.2 Å². The smallest absolute Gasteiger partial charge is 0.151 e. The van der Waals surface area contributed by atoms with E-state index in [9.17, 15) is 8.42 Å². The molecule has 3 aliphatic rings. The summed E-state index contributed by atoms with van der Waals surface area (Å²) in [6, 6.07) is 0.860. The van der Waals surface area contributed by atoms with Crippen LogP contribution >= 0.6 is 0 Å². The van der Waals surface area contributed by atoms with Crippen molar-refractivity contribution in [2.24, 2.45) is 11.8 Å². The second-order valence-corrected chi connectivity index (χ2v) is 8.54. The predicted molar refractivity (Wildman–Crippen MR) is 68.6 cm³/mol. The highest BCUT2D eigenvalue weighted by molar-refractivity contribution is 7.91. The molecule has 3 fully saturated rings. The Morgan fingerprint density at radius 2 is 1.59 bits per heavy atom. The molecule has 0 radical (unpaired) electrons. The molecule has 0 saturated heterocycles. The Hall–Kier alpha value is -0.0900. The van der Waals surface area contributed by atoms with E-state index in [1.54, 1.807) is 0 Å². The van der Waals surface area contributed by atoms with Crippen molar-refractivity contribution in [1.82, 2.24) is 5.32 Å². The molecule has 0 aromatic carbocycles. The molecule has 4 heteroatoms. The van der Waals surface area contributed by atoms with Gasteiger partial charge in [0.25, 0.3) is 0 Å². The van der Waals surface area contributed by atoms with Crippen molar-refractivity contribution in [2.75, 3.05) is 6.26 Å². The first-order valence-electron chi connectivity index (χ1n) is 7.00. The maximum atomic E-state index is 11.8. The Morgan fingerprint density at radius 3 is 2.06 bits per heavy atom. The molecule has 98 valence electrons. The molecular weight excluding hydrogens is 234 g/mol. The molecule has 0 amide bonds. The third-order valence-corrected chi connectivity index (χ3v) is 6.33. The number of rotatable bonds is 5. The lowest BCUT2D eigenvalue weighted by Gasteiger charge is -2.26. The summed E-state index contributed by atoms with van der Waals surface area (Å²) in [7, 11) is -2.87. The van der Waals surface area contributed by atoms with Crippen molar-refractivity contribution in [3.63, 3.8) is 0 Å². The van der Waals surface area contributed by atoms with Gasteiger partial charge in [-0.25, -0.2) is 8.42 Å². The van der Waals surface area contributed by atoms with Crippen molar-refractivity contribution < 1.29 is 8.42 Å². The Kier molecular flexibility index (Phi) is 2.98. The Morgan fingerprint density at radius 1 is 1.00 bits per heavy atom. The summed E-state index contributed by atoms with van der Waals surface area (Å²) >= 11 is 0. The molecule has 0 aromatic heterocycles. The van der Waals surface area contributed by atoms with Crippen LogP contribution in [0, 0.1) is 11.8 Å². The summed E-state index contributed by atoms with van der Waals surface area (Å²) in [6.45, 7) is 0. The molecule has 0 heterocycles. The van der Waals surface area contributed by atoms with Gasteiger partial charge in [0.2, 0.25) is 0 Å². The van der Waals surface area contributed by atoms with Crippen LogP contribution in [0.5, 0.6) is 0 Å². The molecule has 0 aromatic rings. The van der Waals surface area contributed by atoms with Crippen LogP contribution in [0.3, 0.4) is 0 Å². The van der Waals surface area contributed by atoms with Gasteiger partial charge < -0.3 is 5.32 Å². The molecule has 3 aliphatic carbocycles. The summed E-state index contributed by atoms with van der Waals surface area (Å²) in [6.07, 6.45) is 9.79. The summed E-state index contributed by atoms with van der Waals surface area (Å²) in [5.74, 6) is 1.70. The quantitative estimate of drug-likeness (QED) is 0.816. The standard InChI is InChI=1S/C13H23NO2S/c1-17(15,16)12-4-2-3-11(12)14-13(9-5-6-9)10-7-8-10/h9-14H,2-8H2,1H3. The van der Waals surface area contributed by atoms with Crippen LogP contribution in [0.15, 0.2) is 0 Å². The van der Waals surface area contributed by atoms with Crippen LogP contribution < -0.4 is 5.32 Å². The minimum Gasteiger partial charge on any atom is -0.309 e. The van der Waals surface area contributed by atoms with E-state index < -0.39 is 9.84 Å². The van der Waals surface area contributed by atoms with Gasteiger partial charge in [-0.15, -0.1) is 0 Å². The molecule has 3 nitrogen and oxygen atoms in total. The van der Waals surface area contributed by atoms with E-state index in [4.69, 9.17) is 0 Å². The van der Waals surface area contributed by atoms with Gasteiger partial charge in [-0.05, 0) is 50.4 Å². The molecular formula is C13H23NO2S. The first-order valence-corrected chi connectivity index (χ1v) is 8.96. The first kappa shape index (κ1) is 12.0. The average molecular weight is 257 g/mol. The summed E-state index contributed by atoms with van der Waals surface area (Å²) < 4.78 is 23.5. The van der Waals surface area contributed by atoms with Gasteiger partial charge in [0.1, 0.15) is 0 Å². The first-order chi connectivity index (χ1) is 8.05. The minimum atomic E-state index is -2.87. The van der Waals surface area contributed by atoms with Gasteiger partial charge in [-0.2, -0.15) is 0 Å². The zero-order valence-electron chi connectivity index (χ0n) is 10.6. The number of sulfone groups is 1. The van der Waals surface area contributed by atoms with Gasteiger partial charge >= 0.3 is 0 Å².